The molecule has 2 amide bonds. The molecule has 6 heteroatoms. The van der Waals surface area contributed by atoms with Crippen LogP contribution in [-0.2, 0) is 9.59 Å². The molecule has 23 heavy (non-hydrogen) atoms. The number of hydrogen-bond acceptors (Lipinski definition) is 3. The summed E-state index contributed by atoms with van der Waals surface area (Å²) in [6.45, 7) is 0. The van der Waals surface area contributed by atoms with E-state index in [-0.39, 0.29) is 5.82 Å². The van der Waals surface area contributed by atoms with Crippen molar-refractivity contribution in [2.75, 3.05) is 0 Å². The number of aromatic nitrogens is 1. The summed E-state index contributed by atoms with van der Waals surface area (Å²) in [5.74, 6) is -1.36. The highest BCUT2D eigenvalue weighted by Gasteiger charge is 2.55. The second-order valence-corrected chi connectivity index (χ2v) is 5.68. The summed E-state index contributed by atoms with van der Waals surface area (Å²) in [6.07, 6.45) is 4.14. The van der Waals surface area contributed by atoms with E-state index in [9.17, 15) is 14.0 Å². The first-order chi connectivity index (χ1) is 11.0. The van der Waals surface area contributed by atoms with Crippen LogP contribution in [0.1, 0.15) is 30.0 Å². The Morgan fingerprint density at radius 3 is 2.17 bits per heavy atom. The van der Waals surface area contributed by atoms with Crippen molar-refractivity contribution in [2.45, 2.75) is 18.9 Å². The quantitative estimate of drug-likeness (QED) is 0.824. The Morgan fingerprint density at radius 1 is 1.09 bits per heavy atom. The Morgan fingerprint density at radius 2 is 1.65 bits per heavy atom. The van der Waals surface area contributed by atoms with Crippen LogP contribution in [0.15, 0.2) is 48.8 Å². The van der Waals surface area contributed by atoms with Gasteiger partial charge in [0.25, 0.3) is 0 Å². The van der Waals surface area contributed by atoms with E-state index in [1.165, 1.54) is 12.1 Å². The summed E-state index contributed by atoms with van der Waals surface area (Å²) in [7, 11) is 0. The van der Waals surface area contributed by atoms with Gasteiger partial charge in [-0.1, -0.05) is 12.1 Å². The third-order valence-electron chi connectivity index (χ3n) is 4.17. The normalized spacial score (nSPS) is 16.4. The number of halogens is 1. The first-order valence-electron chi connectivity index (χ1n) is 7.29. The van der Waals surface area contributed by atoms with Crippen molar-refractivity contribution in [3.05, 3.63) is 65.7 Å². The smallest absolute Gasteiger partial charge is 0.236 e. The van der Waals surface area contributed by atoms with Crippen molar-refractivity contribution in [3.63, 3.8) is 0 Å². The maximum atomic E-state index is 13.2. The van der Waals surface area contributed by atoms with Gasteiger partial charge >= 0.3 is 0 Å². The highest BCUT2D eigenvalue weighted by Crippen LogP contribution is 2.46. The van der Waals surface area contributed by atoms with Gasteiger partial charge in [0, 0.05) is 12.4 Å². The van der Waals surface area contributed by atoms with Crippen LogP contribution in [0.3, 0.4) is 0 Å². The van der Waals surface area contributed by atoms with Crippen LogP contribution in [-0.4, -0.2) is 16.8 Å². The Balaban J connectivity index is 1.91. The first kappa shape index (κ1) is 15.1. The molecule has 0 bridgehead atoms. The molecule has 0 spiro atoms. The fraction of sp³-hybridized carbons (Fsp3) is 0.235. The monoisotopic (exact) mass is 313 g/mol. The van der Waals surface area contributed by atoms with E-state index in [2.05, 4.69) is 10.3 Å². The molecule has 3 N–H and O–H groups in total. The molecule has 0 saturated heterocycles. The van der Waals surface area contributed by atoms with Gasteiger partial charge in [-0.3, -0.25) is 14.6 Å². The van der Waals surface area contributed by atoms with Crippen LogP contribution < -0.4 is 11.1 Å². The summed E-state index contributed by atoms with van der Waals surface area (Å²) in [4.78, 5) is 28.0. The summed E-state index contributed by atoms with van der Waals surface area (Å²) < 4.78 is 13.2. The number of benzene rings is 1. The van der Waals surface area contributed by atoms with E-state index in [0.717, 1.165) is 5.56 Å². The molecule has 2 aromatic rings. The molecule has 118 valence electrons. The van der Waals surface area contributed by atoms with Crippen LogP contribution >= 0.6 is 0 Å². The molecule has 1 atom stereocenters. The lowest BCUT2D eigenvalue weighted by Crippen LogP contribution is -2.42. The topological polar surface area (TPSA) is 85.1 Å². The molecular formula is C17H16FN3O2. The van der Waals surface area contributed by atoms with Crippen LogP contribution in [0.2, 0.25) is 0 Å². The van der Waals surface area contributed by atoms with Crippen molar-refractivity contribution in [3.8, 4) is 0 Å². The molecule has 1 aliphatic carbocycles. The molecule has 0 radical (unpaired) electrons. The molecule has 5 nitrogen and oxygen atoms in total. The minimum Gasteiger partial charge on any atom is -0.369 e. The fourth-order valence-corrected chi connectivity index (χ4v) is 2.55. The minimum absolute atomic E-state index is 0.357. The SMILES string of the molecule is NC(=O)C1(C(=O)N[C@@H](c2ccncc2)c2ccc(F)cc2)CC1. The van der Waals surface area contributed by atoms with Crippen LogP contribution in [0.5, 0.6) is 0 Å². The molecule has 0 unspecified atom stereocenters. The van der Waals surface area contributed by atoms with E-state index < -0.39 is 23.3 Å². The summed E-state index contributed by atoms with van der Waals surface area (Å²) in [6, 6.07) is 8.89. The molecule has 1 fully saturated rings. The highest BCUT2D eigenvalue weighted by molar-refractivity contribution is 6.07. The maximum Gasteiger partial charge on any atom is 0.236 e. The Labute approximate surface area is 132 Å². The van der Waals surface area contributed by atoms with Crippen molar-refractivity contribution in [2.24, 2.45) is 11.1 Å². The number of carbonyl (C=O) groups excluding carboxylic acids is 2. The second kappa shape index (κ2) is 5.79. The molecule has 1 heterocycles. The van der Waals surface area contributed by atoms with Gasteiger partial charge < -0.3 is 11.1 Å². The molecule has 1 aliphatic rings. The van der Waals surface area contributed by atoms with Crippen molar-refractivity contribution >= 4 is 11.8 Å². The van der Waals surface area contributed by atoms with E-state index in [4.69, 9.17) is 5.73 Å². The third-order valence-corrected chi connectivity index (χ3v) is 4.17. The Kier molecular flexibility index (Phi) is 3.82. The van der Waals surface area contributed by atoms with Gasteiger partial charge in [-0.05, 0) is 48.2 Å². The van der Waals surface area contributed by atoms with E-state index in [0.29, 0.717) is 18.4 Å². The predicted octanol–water partition coefficient (Wildman–Crippen LogP) is 1.69. The van der Waals surface area contributed by atoms with Gasteiger partial charge in [0.1, 0.15) is 11.2 Å². The molecule has 1 aromatic heterocycles. The first-order valence-corrected chi connectivity index (χ1v) is 7.29. The number of pyridine rings is 1. The van der Waals surface area contributed by atoms with E-state index >= 15 is 0 Å². The van der Waals surface area contributed by atoms with Gasteiger partial charge in [0.15, 0.2) is 0 Å². The number of rotatable bonds is 5. The molecule has 1 aromatic carbocycles. The average molecular weight is 313 g/mol. The Bertz CT molecular complexity index is 727. The number of carbonyl (C=O) groups is 2. The molecule has 3 rings (SSSR count). The van der Waals surface area contributed by atoms with Crippen LogP contribution in [0.4, 0.5) is 4.39 Å². The molecule has 0 aliphatic heterocycles. The average Bonchev–Trinajstić information content (AvgIpc) is 3.36. The number of amides is 2. The zero-order chi connectivity index (χ0) is 16.4. The lowest BCUT2D eigenvalue weighted by atomic mass is 9.97. The van der Waals surface area contributed by atoms with Gasteiger partial charge in [-0.15, -0.1) is 0 Å². The highest BCUT2D eigenvalue weighted by atomic mass is 19.1. The van der Waals surface area contributed by atoms with E-state index in [1.807, 2.05) is 0 Å². The lowest BCUT2D eigenvalue weighted by Gasteiger charge is -2.22. The van der Waals surface area contributed by atoms with Gasteiger partial charge in [0.05, 0.1) is 6.04 Å². The van der Waals surface area contributed by atoms with Gasteiger partial charge in [0.2, 0.25) is 11.8 Å². The number of nitrogens with zero attached hydrogens (tertiary/aromatic N) is 1. The van der Waals surface area contributed by atoms with Gasteiger partial charge in [-0.25, -0.2) is 4.39 Å². The Hall–Kier alpha value is -2.76. The standard InChI is InChI=1S/C17H16FN3O2/c18-13-3-1-11(2-4-13)14(12-5-9-20-10-6-12)21-16(23)17(7-8-17)15(19)22/h1-6,9-10,14H,7-8H2,(H2,19,22)(H,21,23)/t14-/m1/s1. The number of nitrogens with one attached hydrogen (secondary N) is 1. The predicted molar refractivity (Wildman–Crippen MR) is 81.5 cm³/mol. The van der Waals surface area contributed by atoms with Crippen molar-refractivity contribution in [1.29, 1.82) is 0 Å². The summed E-state index contributed by atoms with van der Waals surface area (Å²) >= 11 is 0. The summed E-state index contributed by atoms with van der Waals surface area (Å²) in [5, 5.41) is 2.86. The zero-order valence-electron chi connectivity index (χ0n) is 12.3. The molecule has 1 saturated carbocycles. The lowest BCUT2D eigenvalue weighted by molar-refractivity contribution is -0.135. The third kappa shape index (κ3) is 2.92. The second-order valence-electron chi connectivity index (χ2n) is 5.68. The fourth-order valence-electron chi connectivity index (χ4n) is 2.55. The number of primary amides is 1. The largest absolute Gasteiger partial charge is 0.369 e. The number of nitrogens with two attached hydrogens (primary N) is 1. The van der Waals surface area contributed by atoms with Gasteiger partial charge in [-0.2, -0.15) is 0 Å². The summed E-state index contributed by atoms with van der Waals surface area (Å²) in [5.41, 5.74) is 5.75. The zero-order valence-corrected chi connectivity index (χ0v) is 12.3. The van der Waals surface area contributed by atoms with Crippen molar-refractivity contribution in [1.82, 2.24) is 10.3 Å². The van der Waals surface area contributed by atoms with E-state index in [1.54, 1.807) is 36.7 Å². The molecular weight excluding hydrogens is 297 g/mol. The minimum atomic E-state index is -1.11. The number of hydrogen-bond donors (Lipinski definition) is 2. The van der Waals surface area contributed by atoms with Crippen LogP contribution in [0, 0.1) is 11.2 Å². The van der Waals surface area contributed by atoms with Crippen LogP contribution in [0.25, 0.3) is 0 Å². The van der Waals surface area contributed by atoms with Crippen molar-refractivity contribution < 1.29 is 14.0 Å². The maximum absolute atomic E-state index is 13.2.